The minimum Gasteiger partial charge on any atom is -0.384 e. The molecule has 0 aromatic heterocycles. The maximum atomic E-state index is 11.4. The van der Waals surface area contributed by atoms with E-state index in [4.69, 9.17) is 0 Å². The summed E-state index contributed by atoms with van der Waals surface area (Å²) in [4.78, 5) is 0. The molecule has 1 nitrogen and oxygen atoms in total. The highest BCUT2D eigenvalue weighted by Crippen LogP contribution is 2.49. The van der Waals surface area contributed by atoms with Gasteiger partial charge in [0.25, 0.3) is 0 Å². The monoisotopic (exact) mass is 406 g/mol. The van der Waals surface area contributed by atoms with Gasteiger partial charge in [0.15, 0.2) is 0 Å². The minimum absolute atomic E-state index is 0.666. The van der Waals surface area contributed by atoms with Crippen molar-refractivity contribution >= 4 is 64.6 Å². The third kappa shape index (κ3) is 1.89. The van der Waals surface area contributed by atoms with Gasteiger partial charge < -0.3 is 5.11 Å². The molecule has 32 heavy (non-hydrogen) atoms. The van der Waals surface area contributed by atoms with E-state index in [1.165, 1.54) is 59.2 Å². The third-order valence-corrected chi connectivity index (χ3v) is 7.44. The van der Waals surface area contributed by atoms with Crippen LogP contribution >= 0.6 is 0 Å². The lowest BCUT2D eigenvalue weighted by Crippen LogP contribution is -2.02. The van der Waals surface area contributed by atoms with Crippen LogP contribution in [0.3, 0.4) is 0 Å². The minimum atomic E-state index is -0.666. The molecule has 8 rings (SSSR count). The molecular weight excluding hydrogens is 388 g/mol. The van der Waals surface area contributed by atoms with Crippen molar-refractivity contribution in [3.05, 3.63) is 108 Å². The summed E-state index contributed by atoms with van der Waals surface area (Å²) in [6.07, 6.45) is -0.666. The number of benzene rings is 8. The normalized spacial score (nSPS) is 13.7. The van der Waals surface area contributed by atoms with Crippen LogP contribution in [0.15, 0.2) is 97.1 Å². The van der Waals surface area contributed by atoms with Gasteiger partial charge in [-0.15, -0.1) is 0 Å². The molecule has 1 atom stereocenters. The van der Waals surface area contributed by atoms with Crippen LogP contribution in [0.1, 0.15) is 17.2 Å². The zero-order valence-corrected chi connectivity index (χ0v) is 17.3. The first-order valence-corrected chi connectivity index (χ1v) is 11.1. The molecule has 0 aliphatic rings. The summed E-state index contributed by atoms with van der Waals surface area (Å²) in [6, 6.07) is 34.5. The zero-order valence-electron chi connectivity index (χ0n) is 17.3. The van der Waals surface area contributed by atoms with Gasteiger partial charge in [-0.25, -0.2) is 0 Å². The highest BCUT2D eigenvalue weighted by atomic mass is 16.3. The first-order chi connectivity index (χ1) is 15.8. The van der Waals surface area contributed by atoms with Gasteiger partial charge in [0, 0.05) is 0 Å². The van der Waals surface area contributed by atoms with Crippen LogP contribution < -0.4 is 0 Å². The zero-order chi connectivity index (χ0) is 21.0. The Hall–Kier alpha value is -3.94. The lowest BCUT2D eigenvalue weighted by molar-refractivity contribution is 0.222. The van der Waals surface area contributed by atoms with Gasteiger partial charge in [0.2, 0.25) is 0 Å². The van der Waals surface area contributed by atoms with E-state index in [-0.39, 0.29) is 0 Å². The largest absolute Gasteiger partial charge is 0.384 e. The van der Waals surface area contributed by atoms with E-state index in [0.29, 0.717) is 0 Å². The predicted octanol–water partition coefficient (Wildman–Crippen LogP) is 8.00. The van der Waals surface area contributed by atoms with Crippen LogP contribution in [0.25, 0.3) is 64.6 Å². The molecule has 0 aliphatic carbocycles. The standard InChI is InChI=1S/C31H18O/c32-31(21-4-2-1-3-5-21)24-16-22-13-12-19-9-7-17-6-8-18-10-11-20-14-15-23(24)30-28(20)26(18)25(17)27(19)29(22)30/h1-16,31-32H. The third-order valence-electron chi connectivity index (χ3n) is 7.44. The fourth-order valence-electron chi connectivity index (χ4n) is 6.06. The first-order valence-electron chi connectivity index (χ1n) is 11.1. The van der Waals surface area contributed by atoms with Gasteiger partial charge in [0.05, 0.1) is 0 Å². The smallest absolute Gasteiger partial charge is 0.105 e. The Bertz CT molecular complexity index is 1870. The quantitative estimate of drug-likeness (QED) is 0.228. The topological polar surface area (TPSA) is 20.2 Å². The second-order valence-electron chi connectivity index (χ2n) is 9.02. The number of hydrogen-bond donors (Lipinski definition) is 1. The van der Waals surface area contributed by atoms with Crippen LogP contribution in [0, 0.1) is 0 Å². The maximum Gasteiger partial charge on any atom is 0.105 e. The fraction of sp³-hybridized carbons (Fsp3) is 0.0323. The van der Waals surface area contributed by atoms with Crippen molar-refractivity contribution in [3.8, 4) is 0 Å². The van der Waals surface area contributed by atoms with E-state index in [0.717, 1.165) is 16.5 Å². The van der Waals surface area contributed by atoms with E-state index < -0.39 is 6.10 Å². The van der Waals surface area contributed by atoms with Crippen molar-refractivity contribution in [1.29, 1.82) is 0 Å². The average Bonchev–Trinajstić information content (AvgIpc) is 2.86. The molecule has 1 N–H and O–H groups in total. The molecule has 0 bridgehead atoms. The molecule has 0 heterocycles. The molecule has 0 aliphatic heterocycles. The Morgan fingerprint density at radius 1 is 0.438 bits per heavy atom. The Morgan fingerprint density at radius 3 is 1.44 bits per heavy atom. The molecule has 1 heteroatoms. The van der Waals surface area contributed by atoms with Crippen molar-refractivity contribution in [3.63, 3.8) is 0 Å². The molecular formula is C31H18O. The molecule has 0 fully saturated rings. The van der Waals surface area contributed by atoms with Crippen molar-refractivity contribution in [2.45, 2.75) is 6.10 Å². The SMILES string of the molecule is OC(c1ccccc1)c1cc2ccc3ccc4ccc5ccc6ccc1c1c6c5c4c3c21. The maximum absolute atomic E-state index is 11.4. The average molecular weight is 406 g/mol. The van der Waals surface area contributed by atoms with Crippen molar-refractivity contribution in [2.75, 3.05) is 0 Å². The predicted molar refractivity (Wildman–Crippen MR) is 136 cm³/mol. The van der Waals surface area contributed by atoms with E-state index in [9.17, 15) is 5.11 Å². The van der Waals surface area contributed by atoms with Gasteiger partial charge in [-0.3, -0.25) is 0 Å². The van der Waals surface area contributed by atoms with Gasteiger partial charge in [-0.1, -0.05) is 91.0 Å². The highest BCUT2D eigenvalue weighted by molar-refractivity contribution is 6.44. The van der Waals surface area contributed by atoms with Gasteiger partial charge >= 0.3 is 0 Å². The Kier molecular flexibility index (Phi) is 2.95. The van der Waals surface area contributed by atoms with Crippen LogP contribution in [0.4, 0.5) is 0 Å². The second-order valence-corrected chi connectivity index (χ2v) is 9.02. The van der Waals surface area contributed by atoms with Gasteiger partial charge in [-0.05, 0) is 81.8 Å². The first kappa shape index (κ1) is 16.7. The summed E-state index contributed by atoms with van der Waals surface area (Å²) in [7, 11) is 0. The van der Waals surface area contributed by atoms with E-state index in [2.05, 4.69) is 66.7 Å². The summed E-state index contributed by atoms with van der Waals surface area (Å²) < 4.78 is 0. The summed E-state index contributed by atoms with van der Waals surface area (Å²) in [5.41, 5.74) is 1.90. The molecule has 0 saturated heterocycles. The number of aliphatic hydroxyl groups is 1. The lowest BCUT2D eigenvalue weighted by atomic mass is 9.81. The molecule has 0 amide bonds. The molecule has 148 valence electrons. The highest BCUT2D eigenvalue weighted by Gasteiger charge is 2.23. The molecule has 8 aromatic rings. The van der Waals surface area contributed by atoms with Gasteiger partial charge in [0.1, 0.15) is 6.10 Å². The van der Waals surface area contributed by atoms with Crippen molar-refractivity contribution in [1.82, 2.24) is 0 Å². The lowest BCUT2D eigenvalue weighted by Gasteiger charge is -2.23. The number of rotatable bonds is 2. The second kappa shape index (κ2) is 5.64. The summed E-state index contributed by atoms with van der Waals surface area (Å²) in [5, 5.41) is 26.9. The molecule has 1 unspecified atom stereocenters. The molecule has 0 radical (unpaired) electrons. The van der Waals surface area contributed by atoms with Gasteiger partial charge in [-0.2, -0.15) is 0 Å². The Morgan fingerprint density at radius 2 is 0.875 bits per heavy atom. The summed E-state index contributed by atoms with van der Waals surface area (Å²) in [5.74, 6) is 0. The van der Waals surface area contributed by atoms with Crippen LogP contribution in [-0.2, 0) is 0 Å². The summed E-state index contributed by atoms with van der Waals surface area (Å²) >= 11 is 0. The molecule has 0 saturated carbocycles. The summed E-state index contributed by atoms with van der Waals surface area (Å²) in [6.45, 7) is 0. The van der Waals surface area contributed by atoms with E-state index in [1.54, 1.807) is 0 Å². The Labute approximate surface area is 184 Å². The molecule has 8 aromatic carbocycles. The van der Waals surface area contributed by atoms with Crippen LogP contribution in [0.2, 0.25) is 0 Å². The van der Waals surface area contributed by atoms with E-state index >= 15 is 0 Å². The van der Waals surface area contributed by atoms with Crippen LogP contribution in [0.5, 0.6) is 0 Å². The van der Waals surface area contributed by atoms with Crippen LogP contribution in [-0.4, -0.2) is 5.11 Å². The van der Waals surface area contributed by atoms with E-state index in [1.807, 2.05) is 30.3 Å². The number of hydrogen-bond acceptors (Lipinski definition) is 1. The fourth-order valence-corrected chi connectivity index (χ4v) is 6.06. The Balaban J connectivity index is 1.69. The molecule has 0 spiro atoms. The number of aliphatic hydroxyl groups excluding tert-OH is 1. The van der Waals surface area contributed by atoms with Crippen molar-refractivity contribution in [2.24, 2.45) is 0 Å². The van der Waals surface area contributed by atoms with Crippen molar-refractivity contribution < 1.29 is 5.11 Å².